The largest absolute Gasteiger partial charge is 0.332 e. The zero-order chi connectivity index (χ0) is 17.9. The molecule has 0 aliphatic heterocycles. The summed E-state index contributed by atoms with van der Waals surface area (Å²) in [5.74, 6) is -0.533. The second-order valence-corrected chi connectivity index (χ2v) is 5.96. The molecule has 0 aliphatic carbocycles. The molecule has 0 fully saturated rings. The van der Waals surface area contributed by atoms with Crippen molar-refractivity contribution in [2.45, 2.75) is 6.54 Å². The number of nitrogens with one attached hydrogen (secondary N) is 1. The standard InChI is InChI=1S/C21H16FN3O/c22-18-7-3-1-6-16(18)14-25-19-8-4-2-5-15(19)13-20(25)21(26)24-17-9-11-23-12-10-17/h1-13H,14H2,(H,23,24,26). The van der Waals surface area contributed by atoms with Gasteiger partial charge in [-0.3, -0.25) is 9.78 Å². The molecule has 128 valence electrons. The Labute approximate surface area is 149 Å². The van der Waals surface area contributed by atoms with E-state index in [0.717, 1.165) is 10.9 Å². The first-order valence-corrected chi connectivity index (χ1v) is 8.25. The highest BCUT2D eigenvalue weighted by Gasteiger charge is 2.17. The fraction of sp³-hybridized carbons (Fsp3) is 0.0476. The van der Waals surface area contributed by atoms with E-state index in [4.69, 9.17) is 0 Å². The van der Waals surface area contributed by atoms with Gasteiger partial charge in [0.1, 0.15) is 11.5 Å². The lowest BCUT2D eigenvalue weighted by atomic mass is 10.2. The predicted octanol–water partition coefficient (Wildman–Crippen LogP) is 4.48. The predicted molar refractivity (Wildman–Crippen MR) is 99.6 cm³/mol. The topological polar surface area (TPSA) is 46.9 Å². The Kier molecular flexibility index (Phi) is 4.19. The van der Waals surface area contributed by atoms with E-state index < -0.39 is 0 Å². The van der Waals surface area contributed by atoms with Gasteiger partial charge in [0.05, 0.1) is 6.54 Å². The number of aromatic nitrogens is 2. The van der Waals surface area contributed by atoms with Crippen LogP contribution in [0.5, 0.6) is 0 Å². The van der Waals surface area contributed by atoms with Crippen LogP contribution in [-0.2, 0) is 6.54 Å². The number of pyridine rings is 1. The van der Waals surface area contributed by atoms with Gasteiger partial charge in [0.15, 0.2) is 0 Å². The Morgan fingerprint density at radius 2 is 1.73 bits per heavy atom. The number of carbonyl (C=O) groups is 1. The molecule has 1 N–H and O–H groups in total. The van der Waals surface area contributed by atoms with Crippen LogP contribution in [0.1, 0.15) is 16.1 Å². The maximum Gasteiger partial charge on any atom is 0.272 e. The first-order chi connectivity index (χ1) is 12.7. The SMILES string of the molecule is O=C(Nc1ccncc1)c1cc2ccccc2n1Cc1ccccc1F. The Morgan fingerprint density at radius 3 is 2.54 bits per heavy atom. The van der Waals surface area contributed by atoms with E-state index in [9.17, 15) is 9.18 Å². The molecule has 4 aromatic rings. The molecule has 4 nitrogen and oxygen atoms in total. The van der Waals surface area contributed by atoms with Crippen molar-refractivity contribution in [2.75, 3.05) is 5.32 Å². The lowest BCUT2D eigenvalue weighted by molar-refractivity contribution is 0.101. The maximum atomic E-state index is 14.1. The second-order valence-electron chi connectivity index (χ2n) is 5.96. The van der Waals surface area contributed by atoms with Crippen LogP contribution in [0.3, 0.4) is 0 Å². The highest BCUT2D eigenvalue weighted by molar-refractivity contribution is 6.06. The molecule has 0 bridgehead atoms. The molecule has 0 atom stereocenters. The molecule has 2 aromatic carbocycles. The van der Waals surface area contributed by atoms with Crippen LogP contribution in [0.25, 0.3) is 10.9 Å². The first-order valence-electron chi connectivity index (χ1n) is 8.25. The van der Waals surface area contributed by atoms with Crippen molar-refractivity contribution in [2.24, 2.45) is 0 Å². The van der Waals surface area contributed by atoms with Gasteiger partial charge in [-0.25, -0.2) is 4.39 Å². The van der Waals surface area contributed by atoms with Gasteiger partial charge in [-0.05, 0) is 30.3 Å². The summed E-state index contributed by atoms with van der Waals surface area (Å²) in [4.78, 5) is 16.8. The molecular formula is C21H16FN3O. The number of benzene rings is 2. The summed E-state index contributed by atoms with van der Waals surface area (Å²) in [5, 5.41) is 3.80. The second kappa shape index (κ2) is 6.80. The number of halogens is 1. The summed E-state index contributed by atoms with van der Waals surface area (Å²) in [6, 6.07) is 19.6. The van der Waals surface area contributed by atoms with Crippen LogP contribution in [-0.4, -0.2) is 15.5 Å². The van der Waals surface area contributed by atoms with Crippen LogP contribution < -0.4 is 5.32 Å². The fourth-order valence-electron chi connectivity index (χ4n) is 3.00. The fourth-order valence-corrected chi connectivity index (χ4v) is 3.00. The van der Waals surface area contributed by atoms with E-state index in [0.29, 0.717) is 16.9 Å². The van der Waals surface area contributed by atoms with Gasteiger partial charge in [0.2, 0.25) is 0 Å². The van der Waals surface area contributed by atoms with E-state index in [1.165, 1.54) is 6.07 Å². The van der Waals surface area contributed by atoms with Gasteiger partial charge >= 0.3 is 0 Å². The van der Waals surface area contributed by atoms with Crippen LogP contribution in [0.2, 0.25) is 0 Å². The molecule has 2 aromatic heterocycles. The van der Waals surface area contributed by atoms with E-state index >= 15 is 0 Å². The molecule has 26 heavy (non-hydrogen) atoms. The highest BCUT2D eigenvalue weighted by Crippen LogP contribution is 2.23. The molecule has 1 amide bonds. The number of amides is 1. The van der Waals surface area contributed by atoms with E-state index in [1.807, 2.05) is 34.9 Å². The molecule has 0 saturated heterocycles. The normalized spacial score (nSPS) is 10.8. The van der Waals surface area contributed by atoms with Crippen molar-refractivity contribution in [1.82, 2.24) is 9.55 Å². The van der Waals surface area contributed by atoms with Gasteiger partial charge in [0.25, 0.3) is 5.91 Å². The molecule has 0 unspecified atom stereocenters. The minimum absolute atomic E-state index is 0.247. The van der Waals surface area contributed by atoms with Crippen LogP contribution in [0.15, 0.2) is 79.1 Å². The number of carbonyl (C=O) groups excluding carboxylic acids is 1. The number of para-hydroxylation sites is 1. The summed E-state index contributed by atoms with van der Waals surface area (Å²) in [6.07, 6.45) is 3.23. The van der Waals surface area contributed by atoms with Gasteiger partial charge in [-0.2, -0.15) is 0 Å². The van der Waals surface area contributed by atoms with Gasteiger partial charge in [0, 0.05) is 34.5 Å². The Hall–Kier alpha value is -3.47. The summed E-state index contributed by atoms with van der Waals surface area (Å²) < 4.78 is 16.0. The van der Waals surface area contributed by atoms with Gasteiger partial charge in [-0.15, -0.1) is 0 Å². The number of fused-ring (bicyclic) bond motifs is 1. The smallest absolute Gasteiger partial charge is 0.272 e. The third-order valence-corrected chi connectivity index (χ3v) is 4.27. The van der Waals surface area contributed by atoms with Crippen LogP contribution in [0.4, 0.5) is 10.1 Å². The molecule has 5 heteroatoms. The molecule has 2 heterocycles. The van der Waals surface area contributed by atoms with Crippen molar-refractivity contribution in [3.8, 4) is 0 Å². The Morgan fingerprint density at radius 1 is 1.00 bits per heavy atom. The molecular weight excluding hydrogens is 329 g/mol. The number of nitrogens with zero attached hydrogens (tertiary/aromatic N) is 2. The van der Waals surface area contributed by atoms with E-state index in [-0.39, 0.29) is 18.3 Å². The molecule has 0 saturated carbocycles. The van der Waals surface area contributed by atoms with E-state index in [2.05, 4.69) is 10.3 Å². The quantitative estimate of drug-likeness (QED) is 0.593. The number of hydrogen-bond donors (Lipinski definition) is 1. The number of rotatable bonds is 4. The summed E-state index contributed by atoms with van der Waals surface area (Å²) in [6.45, 7) is 0.277. The maximum absolute atomic E-state index is 14.1. The monoisotopic (exact) mass is 345 g/mol. The lowest BCUT2D eigenvalue weighted by Crippen LogP contribution is -2.17. The third-order valence-electron chi connectivity index (χ3n) is 4.27. The van der Waals surface area contributed by atoms with Crippen LogP contribution in [0, 0.1) is 5.82 Å². The van der Waals surface area contributed by atoms with Crippen molar-refractivity contribution in [3.63, 3.8) is 0 Å². The van der Waals surface area contributed by atoms with E-state index in [1.54, 1.807) is 42.7 Å². The zero-order valence-electron chi connectivity index (χ0n) is 13.9. The van der Waals surface area contributed by atoms with Crippen molar-refractivity contribution in [3.05, 3.63) is 96.2 Å². The molecule has 0 aliphatic rings. The van der Waals surface area contributed by atoms with Crippen molar-refractivity contribution >= 4 is 22.5 Å². The van der Waals surface area contributed by atoms with Crippen molar-refractivity contribution < 1.29 is 9.18 Å². The van der Waals surface area contributed by atoms with Crippen molar-refractivity contribution in [1.29, 1.82) is 0 Å². The summed E-state index contributed by atoms with van der Waals surface area (Å²) >= 11 is 0. The Bertz CT molecular complexity index is 1070. The average Bonchev–Trinajstić information content (AvgIpc) is 3.03. The molecule has 0 radical (unpaired) electrons. The lowest BCUT2D eigenvalue weighted by Gasteiger charge is -2.12. The Balaban J connectivity index is 1.76. The van der Waals surface area contributed by atoms with Crippen LogP contribution >= 0.6 is 0 Å². The summed E-state index contributed by atoms with van der Waals surface area (Å²) in [7, 11) is 0. The average molecular weight is 345 g/mol. The number of anilines is 1. The minimum atomic E-state index is -0.286. The summed E-state index contributed by atoms with van der Waals surface area (Å²) in [5.41, 5.74) is 2.56. The zero-order valence-corrected chi connectivity index (χ0v) is 13.9. The minimum Gasteiger partial charge on any atom is -0.332 e. The number of hydrogen-bond acceptors (Lipinski definition) is 2. The third kappa shape index (κ3) is 3.07. The van der Waals surface area contributed by atoms with Gasteiger partial charge in [-0.1, -0.05) is 36.4 Å². The molecule has 0 spiro atoms. The van der Waals surface area contributed by atoms with Gasteiger partial charge < -0.3 is 9.88 Å². The highest BCUT2D eigenvalue weighted by atomic mass is 19.1. The molecule has 4 rings (SSSR count). The first kappa shape index (κ1) is 16.0.